The molecule has 0 aromatic carbocycles. The van der Waals surface area contributed by atoms with Gasteiger partial charge in [0, 0.05) is 0 Å². The van der Waals surface area contributed by atoms with Gasteiger partial charge in [-0.15, -0.1) is 0 Å². The van der Waals surface area contributed by atoms with Gasteiger partial charge in [-0.1, -0.05) is 0 Å². The molecule has 5 heavy (non-hydrogen) atoms. The summed E-state index contributed by atoms with van der Waals surface area (Å²) in [6, 6.07) is 0. The summed E-state index contributed by atoms with van der Waals surface area (Å²) in [6.45, 7) is 0. The zero-order valence-corrected chi connectivity index (χ0v) is 4.37. The molecule has 0 heterocycles. The SMILES string of the molecule is OP(O)O.[Cr+2]. The van der Waals surface area contributed by atoms with Crippen LogP contribution in [0.2, 0.25) is 0 Å². The summed E-state index contributed by atoms with van der Waals surface area (Å²) >= 11 is 0. The van der Waals surface area contributed by atoms with E-state index in [-0.39, 0.29) is 17.4 Å². The third-order valence-electron chi connectivity index (χ3n) is 0. The van der Waals surface area contributed by atoms with E-state index >= 15 is 0 Å². The van der Waals surface area contributed by atoms with Crippen molar-refractivity contribution in [3.63, 3.8) is 0 Å². The van der Waals surface area contributed by atoms with Crippen molar-refractivity contribution < 1.29 is 32.0 Å². The summed E-state index contributed by atoms with van der Waals surface area (Å²) < 4.78 is 0. The van der Waals surface area contributed by atoms with Crippen molar-refractivity contribution in [3.8, 4) is 0 Å². The van der Waals surface area contributed by atoms with Crippen LogP contribution >= 0.6 is 8.60 Å². The number of rotatable bonds is 0. The molecule has 0 aliphatic rings. The second-order valence-corrected chi connectivity index (χ2v) is 0.805. The monoisotopic (exact) mass is 134 g/mol. The first-order chi connectivity index (χ1) is 1.73. The van der Waals surface area contributed by atoms with E-state index in [4.69, 9.17) is 14.7 Å². The minimum Gasteiger partial charge on any atom is -0.328 e. The van der Waals surface area contributed by atoms with Crippen molar-refractivity contribution in [1.29, 1.82) is 0 Å². The molecule has 3 N–H and O–H groups in total. The van der Waals surface area contributed by atoms with Crippen LogP contribution in [-0.4, -0.2) is 14.7 Å². The first kappa shape index (κ1) is 9.28. The van der Waals surface area contributed by atoms with Crippen LogP contribution in [0.15, 0.2) is 0 Å². The zero-order chi connectivity index (χ0) is 3.58. The maximum absolute atomic E-state index is 7.23. The second-order valence-electron chi connectivity index (χ2n) is 0.268. The normalized spacial score (nSPS) is 7.20. The second kappa shape index (κ2) is 4.84. The summed E-state index contributed by atoms with van der Waals surface area (Å²) in [5, 5.41) is 0. The van der Waals surface area contributed by atoms with Crippen molar-refractivity contribution >= 4 is 8.60 Å². The first-order valence-electron chi connectivity index (χ1n) is 0.600. The van der Waals surface area contributed by atoms with E-state index in [2.05, 4.69) is 0 Å². The summed E-state index contributed by atoms with van der Waals surface area (Å²) in [7, 11) is -2.62. The fourth-order valence-electron chi connectivity index (χ4n) is 0. The largest absolute Gasteiger partial charge is 2.00 e. The Labute approximate surface area is 41.4 Å². The maximum atomic E-state index is 7.23. The standard InChI is InChI=1S/Cr.H3O3P/c;1-4(2)3/h;1-3H/q+2;. The van der Waals surface area contributed by atoms with Gasteiger partial charge >= 0.3 is 26.0 Å². The van der Waals surface area contributed by atoms with E-state index in [9.17, 15) is 0 Å². The van der Waals surface area contributed by atoms with Crippen LogP contribution in [0.25, 0.3) is 0 Å². The fraction of sp³-hybridized carbons (Fsp3) is 0. The van der Waals surface area contributed by atoms with Gasteiger partial charge in [0.1, 0.15) is 0 Å². The van der Waals surface area contributed by atoms with E-state index in [1.807, 2.05) is 0 Å². The van der Waals surface area contributed by atoms with Crippen LogP contribution in [0.4, 0.5) is 0 Å². The van der Waals surface area contributed by atoms with Gasteiger partial charge < -0.3 is 14.7 Å². The van der Waals surface area contributed by atoms with Crippen molar-refractivity contribution in [2.75, 3.05) is 0 Å². The van der Waals surface area contributed by atoms with Crippen LogP contribution in [0.5, 0.6) is 0 Å². The van der Waals surface area contributed by atoms with Crippen LogP contribution in [0, 0.1) is 0 Å². The minimum atomic E-state index is -2.62. The molecule has 0 aromatic heterocycles. The molecule has 3 nitrogen and oxygen atoms in total. The Morgan fingerprint density at radius 3 is 1.00 bits per heavy atom. The number of hydrogen-bond acceptors (Lipinski definition) is 3. The summed E-state index contributed by atoms with van der Waals surface area (Å²) in [6.07, 6.45) is 0. The van der Waals surface area contributed by atoms with Gasteiger partial charge in [-0.05, 0) is 0 Å². The molecule has 5 heteroatoms. The van der Waals surface area contributed by atoms with Gasteiger partial charge in [0.05, 0.1) is 0 Å². The summed E-state index contributed by atoms with van der Waals surface area (Å²) in [4.78, 5) is 21.7. The van der Waals surface area contributed by atoms with Gasteiger partial charge in [0.25, 0.3) is 0 Å². The van der Waals surface area contributed by atoms with E-state index < -0.39 is 8.60 Å². The first-order valence-corrected chi connectivity index (χ1v) is 1.80. The average Bonchev–Trinajstić information content (AvgIpc) is 0.811. The Morgan fingerprint density at radius 2 is 1.00 bits per heavy atom. The molecule has 0 spiro atoms. The summed E-state index contributed by atoms with van der Waals surface area (Å²) in [5.41, 5.74) is 0. The molecule has 0 aliphatic carbocycles. The smallest absolute Gasteiger partial charge is 0.328 e. The van der Waals surface area contributed by atoms with Gasteiger partial charge in [0.15, 0.2) is 0 Å². The van der Waals surface area contributed by atoms with E-state index in [1.54, 1.807) is 0 Å². The Bertz CT molecular complexity index is 11.6. The molecule has 30 valence electrons. The molecular weight excluding hydrogens is 131 g/mol. The average molecular weight is 134 g/mol. The number of hydrogen-bond donors (Lipinski definition) is 3. The summed E-state index contributed by atoms with van der Waals surface area (Å²) in [5.74, 6) is 0. The fourth-order valence-corrected chi connectivity index (χ4v) is 0. The van der Waals surface area contributed by atoms with Crippen molar-refractivity contribution in [3.05, 3.63) is 0 Å². The molecule has 0 aromatic rings. The van der Waals surface area contributed by atoms with Crippen LogP contribution in [0.3, 0.4) is 0 Å². The van der Waals surface area contributed by atoms with Crippen molar-refractivity contribution in [1.82, 2.24) is 0 Å². The van der Waals surface area contributed by atoms with Gasteiger partial charge in [-0.3, -0.25) is 0 Å². The molecule has 0 atom stereocenters. The predicted molar refractivity (Wildman–Crippen MR) is 13.6 cm³/mol. The third-order valence-corrected chi connectivity index (χ3v) is 0. The maximum Gasteiger partial charge on any atom is 2.00 e. The quantitative estimate of drug-likeness (QED) is 0.379. The Morgan fingerprint density at radius 1 is 1.00 bits per heavy atom. The van der Waals surface area contributed by atoms with Crippen LogP contribution in [-0.2, 0) is 17.4 Å². The molecule has 0 unspecified atom stereocenters. The molecule has 0 fully saturated rings. The molecule has 0 saturated heterocycles. The van der Waals surface area contributed by atoms with Crippen LogP contribution in [0.1, 0.15) is 0 Å². The molecule has 0 bridgehead atoms. The van der Waals surface area contributed by atoms with Crippen LogP contribution < -0.4 is 0 Å². The molecule has 0 saturated carbocycles. The third kappa shape index (κ3) is 55.1. The van der Waals surface area contributed by atoms with E-state index in [0.717, 1.165) is 0 Å². The Hall–Kier alpha value is 0.842. The zero-order valence-electron chi connectivity index (χ0n) is 2.20. The van der Waals surface area contributed by atoms with E-state index in [0.29, 0.717) is 0 Å². The molecular formula is H3CrO3P+2. The van der Waals surface area contributed by atoms with Gasteiger partial charge in [-0.2, -0.15) is 0 Å². The molecule has 0 rings (SSSR count). The van der Waals surface area contributed by atoms with Gasteiger partial charge in [-0.25, -0.2) is 0 Å². The Kier molecular flexibility index (Phi) is 8.99. The predicted octanol–water partition coefficient (Wildman–Crippen LogP) is -0.812. The topological polar surface area (TPSA) is 60.7 Å². The molecule has 0 aliphatic heterocycles. The Balaban J connectivity index is 0. The minimum absolute atomic E-state index is 0. The molecule has 0 amide bonds. The molecule has 0 radical (unpaired) electrons. The van der Waals surface area contributed by atoms with Crippen molar-refractivity contribution in [2.45, 2.75) is 0 Å². The van der Waals surface area contributed by atoms with Gasteiger partial charge in [0.2, 0.25) is 0 Å². The van der Waals surface area contributed by atoms with E-state index in [1.165, 1.54) is 0 Å². The van der Waals surface area contributed by atoms with Crippen molar-refractivity contribution in [2.24, 2.45) is 0 Å².